The van der Waals surface area contributed by atoms with Gasteiger partial charge in [-0.05, 0) is 36.1 Å². The highest BCUT2D eigenvalue weighted by Gasteiger charge is 2.08. The molecule has 0 N–H and O–H groups in total. The molecule has 1 aromatic rings. The SMILES string of the molecule is Cc1cc(C=O)ccc1C1=CCCOC1. The maximum Gasteiger partial charge on any atom is 0.150 e. The van der Waals surface area contributed by atoms with E-state index in [2.05, 4.69) is 6.08 Å². The maximum atomic E-state index is 10.6. The first kappa shape index (κ1) is 10.1. The molecule has 0 amide bonds. The number of hydrogen-bond acceptors (Lipinski definition) is 2. The molecule has 0 aliphatic carbocycles. The Labute approximate surface area is 89.6 Å². The Morgan fingerprint density at radius 2 is 2.27 bits per heavy atom. The van der Waals surface area contributed by atoms with Crippen LogP contribution in [0.1, 0.15) is 27.9 Å². The molecule has 1 heterocycles. The van der Waals surface area contributed by atoms with E-state index >= 15 is 0 Å². The van der Waals surface area contributed by atoms with Gasteiger partial charge in [-0.1, -0.05) is 18.2 Å². The summed E-state index contributed by atoms with van der Waals surface area (Å²) < 4.78 is 5.41. The summed E-state index contributed by atoms with van der Waals surface area (Å²) >= 11 is 0. The predicted octanol–water partition coefficient (Wildman–Crippen LogP) is 2.61. The Morgan fingerprint density at radius 3 is 2.87 bits per heavy atom. The molecule has 1 aliphatic rings. The molecule has 0 spiro atoms. The fourth-order valence-corrected chi connectivity index (χ4v) is 1.87. The van der Waals surface area contributed by atoms with Crippen LogP contribution in [0.2, 0.25) is 0 Å². The number of rotatable bonds is 2. The van der Waals surface area contributed by atoms with E-state index in [9.17, 15) is 4.79 Å². The molecule has 2 rings (SSSR count). The summed E-state index contributed by atoms with van der Waals surface area (Å²) in [6, 6.07) is 5.77. The van der Waals surface area contributed by atoms with Crippen LogP contribution < -0.4 is 0 Å². The van der Waals surface area contributed by atoms with Crippen LogP contribution in [0.3, 0.4) is 0 Å². The summed E-state index contributed by atoms with van der Waals surface area (Å²) in [4.78, 5) is 10.6. The molecule has 2 heteroatoms. The van der Waals surface area contributed by atoms with Crippen molar-refractivity contribution in [3.05, 3.63) is 41.0 Å². The van der Waals surface area contributed by atoms with Gasteiger partial charge in [0.2, 0.25) is 0 Å². The van der Waals surface area contributed by atoms with Gasteiger partial charge in [0.25, 0.3) is 0 Å². The molecule has 0 bridgehead atoms. The Bertz CT molecular complexity index is 405. The van der Waals surface area contributed by atoms with E-state index in [-0.39, 0.29) is 0 Å². The Balaban J connectivity index is 2.35. The first-order chi connectivity index (χ1) is 7.31. The third-order valence-electron chi connectivity index (χ3n) is 2.64. The van der Waals surface area contributed by atoms with E-state index in [1.54, 1.807) is 0 Å². The summed E-state index contributed by atoms with van der Waals surface area (Å²) in [5.41, 5.74) is 4.29. The second-order valence-corrected chi connectivity index (χ2v) is 3.76. The van der Waals surface area contributed by atoms with E-state index in [0.29, 0.717) is 6.61 Å². The molecule has 1 aromatic carbocycles. The minimum absolute atomic E-state index is 0.682. The van der Waals surface area contributed by atoms with Crippen molar-refractivity contribution in [1.29, 1.82) is 0 Å². The molecular formula is C13H14O2. The van der Waals surface area contributed by atoms with Gasteiger partial charge in [-0.3, -0.25) is 4.79 Å². The molecule has 2 nitrogen and oxygen atoms in total. The molecule has 0 saturated heterocycles. The van der Waals surface area contributed by atoms with Crippen molar-refractivity contribution in [3.63, 3.8) is 0 Å². The fraction of sp³-hybridized carbons (Fsp3) is 0.308. The zero-order valence-electron chi connectivity index (χ0n) is 8.82. The van der Waals surface area contributed by atoms with Gasteiger partial charge in [-0.15, -0.1) is 0 Å². The lowest BCUT2D eigenvalue weighted by atomic mass is 9.97. The van der Waals surface area contributed by atoms with E-state index < -0.39 is 0 Å². The molecule has 15 heavy (non-hydrogen) atoms. The van der Waals surface area contributed by atoms with E-state index in [1.807, 2.05) is 25.1 Å². The molecule has 78 valence electrons. The molecule has 0 atom stereocenters. The van der Waals surface area contributed by atoms with Crippen molar-refractivity contribution in [2.75, 3.05) is 13.2 Å². The third kappa shape index (κ3) is 2.16. The van der Waals surface area contributed by atoms with Crippen LogP contribution in [0.15, 0.2) is 24.3 Å². The van der Waals surface area contributed by atoms with E-state index in [0.717, 1.165) is 30.4 Å². The quantitative estimate of drug-likeness (QED) is 0.689. The minimum Gasteiger partial charge on any atom is -0.376 e. The molecule has 0 aromatic heterocycles. The number of carbonyl (C=O) groups is 1. The topological polar surface area (TPSA) is 26.3 Å². The zero-order valence-corrected chi connectivity index (χ0v) is 8.82. The van der Waals surface area contributed by atoms with Gasteiger partial charge in [-0.25, -0.2) is 0 Å². The van der Waals surface area contributed by atoms with Crippen molar-refractivity contribution in [1.82, 2.24) is 0 Å². The molecule has 1 aliphatic heterocycles. The van der Waals surface area contributed by atoms with Crippen LogP contribution in [-0.2, 0) is 4.74 Å². The van der Waals surface area contributed by atoms with Gasteiger partial charge in [0, 0.05) is 5.56 Å². The van der Waals surface area contributed by atoms with Crippen LogP contribution in [0, 0.1) is 6.92 Å². The number of benzene rings is 1. The second kappa shape index (κ2) is 4.41. The highest BCUT2D eigenvalue weighted by atomic mass is 16.5. The largest absolute Gasteiger partial charge is 0.376 e. The summed E-state index contributed by atoms with van der Waals surface area (Å²) in [6.07, 6.45) is 4.07. The van der Waals surface area contributed by atoms with Gasteiger partial charge < -0.3 is 4.74 Å². The van der Waals surface area contributed by atoms with Crippen LogP contribution in [0.4, 0.5) is 0 Å². The fourth-order valence-electron chi connectivity index (χ4n) is 1.87. The third-order valence-corrected chi connectivity index (χ3v) is 2.64. The van der Waals surface area contributed by atoms with Crippen molar-refractivity contribution in [3.8, 4) is 0 Å². The van der Waals surface area contributed by atoms with Crippen molar-refractivity contribution < 1.29 is 9.53 Å². The van der Waals surface area contributed by atoms with E-state index in [1.165, 1.54) is 11.1 Å². The normalized spacial score (nSPS) is 15.9. The van der Waals surface area contributed by atoms with Gasteiger partial charge in [-0.2, -0.15) is 0 Å². The Kier molecular flexibility index (Phi) is 2.97. The zero-order chi connectivity index (χ0) is 10.7. The number of hydrogen-bond donors (Lipinski definition) is 0. The van der Waals surface area contributed by atoms with Crippen LogP contribution in [0.5, 0.6) is 0 Å². The van der Waals surface area contributed by atoms with Crippen LogP contribution in [-0.4, -0.2) is 19.5 Å². The molecule has 0 fully saturated rings. The number of aryl methyl sites for hydroxylation is 1. The molecule has 0 unspecified atom stereocenters. The maximum absolute atomic E-state index is 10.6. The van der Waals surface area contributed by atoms with Gasteiger partial charge in [0.15, 0.2) is 0 Å². The molecular weight excluding hydrogens is 188 g/mol. The smallest absolute Gasteiger partial charge is 0.150 e. The van der Waals surface area contributed by atoms with Gasteiger partial charge in [0.1, 0.15) is 6.29 Å². The second-order valence-electron chi connectivity index (χ2n) is 3.76. The lowest BCUT2D eigenvalue weighted by Gasteiger charge is -2.15. The summed E-state index contributed by atoms with van der Waals surface area (Å²) in [6.45, 7) is 3.52. The van der Waals surface area contributed by atoms with Gasteiger partial charge >= 0.3 is 0 Å². The Morgan fingerprint density at radius 1 is 1.40 bits per heavy atom. The van der Waals surface area contributed by atoms with E-state index in [4.69, 9.17) is 4.74 Å². The highest BCUT2D eigenvalue weighted by molar-refractivity contribution is 5.78. The highest BCUT2D eigenvalue weighted by Crippen LogP contribution is 2.22. The van der Waals surface area contributed by atoms with Crippen LogP contribution in [0.25, 0.3) is 5.57 Å². The predicted molar refractivity (Wildman–Crippen MR) is 60.0 cm³/mol. The summed E-state index contributed by atoms with van der Waals surface area (Å²) in [7, 11) is 0. The molecule has 0 radical (unpaired) electrons. The monoisotopic (exact) mass is 202 g/mol. The van der Waals surface area contributed by atoms with Crippen molar-refractivity contribution in [2.24, 2.45) is 0 Å². The van der Waals surface area contributed by atoms with Crippen molar-refractivity contribution >= 4 is 11.9 Å². The lowest BCUT2D eigenvalue weighted by Crippen LogP contribution is -2.06. The first-order valence-corrected chi connectivity index (χ1v) is 5.14. The number of aldehydes is 1. The number of carbonyl (C=O) groups excluding carboxylic acids is 1. The van der Waals surface area contributed by atoms with Crippen LogP contribution >= 0.6 is 0 Å². The molecule has 0 saturated carbocycles. The minimum atomic E-state index is 0.682. The summed E-state index contributed by atoms with van der Waals surface area (Å²) in [5.74, 6) is 0. The first-order valence-electron chi connectivity index (χ1n) is 5.14. The standard InChI is InChI=1S/C13H14O2/c1-10-7-11(8-14)4-5-13(10)12-3-2-6-15-9-12/h3-5,7-8H,2,6,9H2,1H3. The average molecular weight is 202 g/mol. The van der Waals surface area contributed by atoms with Crippen molar-refractivity contribution in [2.45, 2.75) is 13.3 Å². The lowest BCUT2D eigenvalue weighted by molar-refractivity contribution is 0.112. The number of ether oxygens (including phenoxy) is 1. The Hall–Kier alpha value is -1.41. The van der Waals surface area contributed by atoms with Gasteiger partial charge in [0.05, 0.1) is 13.2 Å². The summed E-state index contributed by atoms with van der Waals surface area (Å²) in [5, 5.41) is 0. The average Bonchev–Trinajstić information content (AvgIpc) is 2.30.